The fourth-order valence-electron chi connectivity index (χ4n) is 3.13. The van der Waals surface area contributed by atoms with Gasteiger partial charge in [0.25, 0.3) is 0 Å². The van der Waals surface area contributed by atoms with Crippen LogP contribution in [0.25, 0.3) is 0 Å². The Bertz CT molecular complexity index is 438. The molecule has 3 rings (SSSR count). The van der Waals surface area contributed by atoms with Crippen molar-refractivity contribution in [1.82, 2.24) is 10.2 Å². The van der Waals surface area contributed by atoms with E-state index in [4.69, 9.17) is 11.6 Å². The van der Waals surface area contributed by atoms with Crippen molar-refractivity contribution in [3.63, 3.8) is 0 Å². The Morgan fingerprint density at radius 1 is 1.33 bits per heavy atom. The van der Waals surface area contributed by atoms with Crippen molar-refractivity contribution in [2.24, 2.45) is 0 Å². The monoisotopic (exact) mass is 268 g/mol. The average Bonchev–Trinajstić information content (AvgIpc) is 2.41. The van der Waals surface area contributed by atoms with Gasteiger partial charge in [0.1, 0.15) is 5.82 Å². The highest BCUT2D eigenvalue weighted by Gasteiger charge is 2.30. The largest absolute Gasteiger partial charge is 0.314 e. The first-order valence-electron chi connectivity index (χ1n) is 6.64. The third-order valence-corrected chi connectivity index (χ3v) is 4.48. The minimum Gasteiger partial charge on any atom is -0.314 e. The van der Waals surface area contributed by atoms with Gasteiger partial charge in [-0.1, -0.05) is 17.7 Å². The lowest BCUT2D eigenvalue weighted by molar-refractivity contribution is 0.107. The fourth-order valence-corrected chi connectivity index (χ4v) is 3.32. The average molecular weight is 269 g/mol. The third-order valence-electron chi connectivity index (χ3n) is 4.19. The van der Waals surface area contributed by atoms with Crippen molar-refractivity contribution < 1.29 is 4.39 Å². The first-order chi connectivity index (χ1) is 8.74. The molecule has 2 aliphatic rings. The molecule has 2 fully saturated rings. The van der Waals surface area contributed by atoms with E-state index in [0.29, 0.717) is 12.0 Å². The molecular weight excluding hydrogens is 251 g/mol. The number of hydrogen-bond acceptors (Lipinski definition) is 2. The SMILES string of the molecule is Fc1ccc(C2CCC3CNCCN3C2)cc1Cl. The highest BCUT2D eigenvalue weighted by atomic mass is 35.5. The predicted molar refractivity (Wildman–Crippen MR) is 71.6 cm³/mol. The van der Waals surface area contributed by atoms with Crippen LogP contribution in [0.4, 0.5) is 4.39 Å². The topological polar surface area (TPSA) is 15.3 Å². The molecule has 98 valence electrons. The van der Waals surface area contributed by atoms with Gasteiger partial charge in [-0.25, -0.2) is 4.39 Å². The van der Waals surface area contributed by atoms with Crippen molar-refractivity contribution in [2.45, 2.75) is 24.8 Å². The van der Waals surface area contributed by atoms with E-state index in [1.165, 1.54) is 24.5 Å². The van der Waals surface area contributed by atoms with Gasteiger partial charge in [0.05, 0.1) is 5.02 Å². The van der Waals surface area contributed by atoms with Gasteiger partial charge in [-0.05, 0) is 36.5 Å². The number of nitrogens with one attached hydrogen (secondary N) is 1. The molecule has 0 spiro atoms. The van der Waals surface area contributed by atoms with Crippen LogP contribution in [0.1, 0.15) is 24.3 Å². The van der Waals surface area contributed by atoms with Gasteiger partial charge in [0, 0.05) is 32.2 Å². The molecule has 2 aliphatic heterocycles. The van der Waals surface area contributed by atoms with Gasteiger partial charge in [0.2, 0.25) is 0 Å². The van der Waals surface area contributed by atoms with Crippen molar-refractivity contribution in [3.8, 4) is 0 Å². The van der Waals surface area contributed by atoms with Crippen molar-refractivity contribution in [2.75, 3.05) is 26.2 Å². The molecular formula is C14H18ClFN2. The molecule has 0 bridgehead atoms. The smallest absolute Gasteiger partial charge is 0.141 e. The molecule has 0 aliphatic carbocycles. The molecule has 2 heterocycles. The maximum absolute atomic E-state index is 13.2. The summed E-state index contributed by atoms with van der Waals surface area (Å²) in [6.07, 6.45) is 2.39. The van der Waals surface area contributed by atoms with Crippen LogP contribution in [0.5, 0.6) is 0 Å². The molecule has 1 aromatic rings. The normalized spacial score (nSPS) is 29.0. The summed E-state index contributed by atoms with van der Waals surface area (Å²) >= 11 is 5.87. The lowest BCUT2D eigenvalue weighted by Crippen LogP contribution is -2.54. The second-order valence-electron chi connectivity index (χ2n) is 5.30. The maximum Gasteiger partial charge on any atom is 0.141 e. The summed E-state index contributed by atoms with van der Waals surface area (Å²) in [5.41, 5.74) is 1.18. The van der Waals surface area contributed by atoms with E-state index >= 15 is 0 Å². The Morgan fingerprint density at radius 3 is 3.06 bits per heavy atom. The molecule has 0 saturated carbocycles. The second kappa shape index (κ2) is 5.16. The van der Waals surface area contributed by atoms with E-state index in [1.54, 1.807) is 6.07 Å². The molecule has 2 nitrogen and oxygen atoms in total. The number of halogens is 2. The standard InChI is InChI=1S/C14H18ClFN2/c15-13-7-10(2-4-14(13)16)11-1-3-12-8-17-5-6-18(12)9-11/h2,4,7,11-12,17H,1,3,5-6,8-9H2. The van der Waals surface area contributed by atoms with Crippen LogP contribution in [0.15, 0.2) is 18.2 Å². The number of piperazine rings is 1. The van der Waals surface area contributed by atoms with Crippen LogP contribution in [-0.2, 0) is 0 Å². The Labute approximate surface area is 112 Å². The summed E-state index contributed by atoms with van der Waals surface area (Å²) in [6, 6.07) is 5.85. The Morgan fingerprint density at radius 2 is 2.22 bits per heavy atom. The molecule has 0 amide bonds. The van der Waals surface area contributed by atoms with E-state index in [2.05, 4.69) is 10.2 Å². The molecule has 18 heavy (non-hydrogen) atoms. The molecule has 0 radical (unpaired) electrons. The number of rotatable bonds is 1. The molecule has 1 N–H and O–H groups in total. The summed E-state index contributed by atoms with van der Waals surface area (Å²) in [5.74, 6) is 0.175. The molecule has 2 atom stereocenters. The summed E-state index contributed by atoms with van der Waals surface area (Å²) in [5, 5.41) is 3.69. The first-order valence-corrected chi connectivity index (χ1v) is 7.01. The number of piperidine rings is 1. The highest BCUT2D eigenvalue weighted by Crippen LogP contribution is 2.32. The minimum atomic E-state index is -0.323. The van der Waals surface area contributed by atoms with E-state index in [9.17, 15) is 4.39 Å². The van der Waals surface area contributed by atoms with Crippen LogP contribution in [-0.4, -0.2) is 37.1 Å². The van der Waals surface area contributed by atoms with Crippen molar-refractivity contribution >= 4 is 11.6 Å². The van der Waals surface area contributed by atoms with Gasteiger partial charge in [-0.15, -0.1) is 0 Å². The minimum absolute atomic E-state index is 0.245. The second-order valence-corrected chi connectivity index (χ2v) is 5.71. The van der Waals surface area contributed by atoms with Crippen LogP contribution in [0.2, 0.25) is 5.02 Å². The van der Waals surface area contributed by atoms with Gasteiger partial charge in [-0.3, -0.25) is 4.90 Å². The lowest BCUT2D eigenvalue weighted by Gasteiger charge is -2.43. The Hall–Kier alpha value is -0.640. The zero-order valence-corrected chi connectivity index (χ0v) is 11.1. The Balaban J connectivity index is 1.75. The quantitative estimate of drug-likeness (QED) is 0.842. The molecule has 2 saturated heterocycles. The predicted octanol–water partition coefficient (Wildman–Crippen LogP) is 2.63. The summed E-state index contributed by atoms with van der Waals surface area (Å²) < 4.78 is 13.2. The van der Waals surface area contributed by atoms with Gasteiger partial charge in [-0.2, -0.15) is 0 Å². The molecule has 0 aromatic heterocycles. The Kier molecular flexibility index (Phi) is 3.55. The molecule has 1 aromatic carbocycles. The highest BCUT2D eigenvalue weighted by molar-refractivity contribution is 6.30. The maximum atomic E-state index is 13.2. The van der Waals surface area contributed by atoms with E-state index in [0.717, 1.165) is 26.2 Å². The van der Waals surface area contributed by atoms with Gasteiger partial charge >= 0.3 is 0 Å². The van der Waals surface area contributed by atoms with E-state index in [-0.39, 0.29) is 10.8 Å². The van der Waals surface area contributed by atoms with Crippen LogP contribution in [0.3, 0.4) is 0 Å². The fraction of sp³-hybridized carbons (Fsp3) is 0.571. The zero-order chi connectivity index (χ0) is 12.5. The lowest BCUT2D eigenvalue weighted by atomic mass is 9.86. The van der Waals surface area contributed by atoms with Crippen LogP contribution in [0, 0.1) is 5.82 Å². The van der Waals surface area contributed by atoms with Crippen molar-refractivity contribution in [1.29, 1.82) is 0 Å². The number of fused-ring (bicyclic) bond motifs is 1. The summed E-state index contributed by atoms with van der Waals surface area (Å²) in [4.78, 5) is 2.56. The first kappa shape index (κ1) is 12.4. The van der Waals surface area contributed by atoms with E-state index < -0.39 is 0 Å². The third kappa shape index (κ3) is 2.40. The van der Waals surface area contributed by atoms with E-state index in [1.807, 2.05) is 6.07 Å². The van der Waals surface area contributed by atoms with Crippen LogP contribution >= 0.6 is 11.6 Å². The van der Waals surface area contributed by atoms with Gasteiger partial charge < -0.3 is 5.32 Å². The van der Waals surface area contributed by atoms with Crippen LogP contribution < -0.4 is 5.32 Å². The number of nitrogens with zero attached hydrogens (tertiary/aromatic N) is 1. The summed E-state index contributed by atoms with van der Waals surface area (Å²) in [6.45, 7) is 4.38. The molecule has 4 heteroatoms. The number of hydrogen-bond donors (Lipinski definition) is 1. The summed E-state index contributed by atoms with van der Waals surface area (Å²) in [7, 11) is 0. The van der Waals surface area contributed by atoms with Gasteiger partial charge in [0.15, 0.2) is 0 Å². The van der Waals surface area contributed by atoms with Crippen molar-refractivity contribution in [3.05, 3.63) is 34.6 Å². The zero-order valence-electron chi connectivity index (χ0n) is 10.3. The number of benzene rings is 1. The molecule has 2 unspecified atom stereocenters.